The van der Waals surface area contributed by atoms with Crippen LogP contribution in [0.15, 0.2) is 18.2 Å². The minimum atomic E-state index is -0.297. The normalized spacial score (nSPS) is 11.7. The molecule has 1 unspecified atom stereocenters. The molecular weight excluding hydrogens is 243 g/mol. The molecular formula is C15H19FN2O. The van der Waals surface area contributed by atoms with Gasteiger partial charge in [-0.1, -0.05) is 12.0 Å². The van der Waals surface area contributed by atoms with Crippen LogP contribution < -0.4 is 10.6 Å². The average Bonchev–Trinajstić information content (AvgIpc) is 2.38. The number of benzene rings is 1. The number of halogens is 1. The third kappa shape index (κ3) is 5.11. The maximum absolute atomic E-state index is 12.9. The van der Waals surface area contributed by atoms with Crippen LogP contribution in [-0.4, -0.2) is 25.0 Å². The molecule has 0 aliphatic carbocycles. The van der Waals surface area contributed by atoms with Gasteiger partial charge in [0.25, 0.3) is 0 Å². The topological polar surface area (TPSA) is 41.1 Å². The molecule has 0 fully saturated rings. The molecule has 0 aromatic heterocycles. The minimum Gasteiger partial charge on any atom is -0.344 e. The molecule has 4 heteroatoms. The summed E-state index contributed by atoms with van der Waals surface area (Å²) < 4.78 is 12.9. The first-order chi connectivity index (χ1) is 9.04. The van der Waals surface area contributed by atoms with Gasteiger partial charge in [0.1, 0.15) is 5.82 Å². The van der Waals surface area contributed by atoms with Crippen molar-refractivity contribution in [3.8, 4) is 12.3 Å². The summed E-state index contributed by atoms with van der Waals surface area (Å²) in [7, 11) is 0. The van der Waals surface area contributed by atoms with Crippen molar-refractivity contribution >= 4 is 5.91 Å². The van der Waals surface area contributed by atoms with Crippen molar-refractivity contribution in [1.82, 2.24) is 10.6 Å². The number of terminal acetylenes is 1. The highest BCUT2D eigenvalue weighted by molar-refractivity contribution is 5.81. The molecule has 0 saturated heterocycles. The van der Waals surface area contributed by atoms with Gasteiger partial charge in [0.05, 0.1) is 12.6 Å². The zero-order valence-electron chi connectivity index (χ0n) is 11.3. The Morgan fingerprint density at radius 2 is 2.26 bits per heavy atom. The van der Waals surface area contributed by atoms with E-state index >= 15 is 0 Å². The van der Waals surface area contributed by atoms with E-state index in [1.54, 1.807) is 13.0 Å². The fraction of sp³-hybridized carbons (Fsp3) is 0.400. The second-order valence-corrected chi connectivity index (χ2v) is 4.42. The second kappa shape index (κ2) is 7.55. The number of carbonyl (C=O) groups is 1. The van der Waals surface area contributed by atoms with E-state index < -0.39 is 0 Å². The fourth-order valence-corrected chi connectivity index (χ4v) is 1.75. The second-order valence-electron chi connectivity index (χ2n) is 4.42. The smallest absolute Gasteiger partial charge is 0.237 e. The summed E-state index contributed by atoms with van der Waals surface area (Å²) in [5, 5.41) is 5.72. The molecule has 1 rings (SSSR count). The molecule has 1 amide bonds. The first-order valence-corrected chi connectivity index (χ1v) is 6.24. The van der Waals surface area contributed by atoms with Crippen molar-refractivity contribution in [2.24, 2.45) is 0 Å². The third-order valence-electron chi connectivity index (χ3n) is 2.91. The predicted molar refractivity (Wildman–Crippen MR) is 74.1 cm³/mol. The Hall–Kier alpha value is -1.86. The highest BCUT2D eigenvalue weighted by Crippen LogP contribution is 2.10. The summed E-state index contributed by atoms with van der Waals surface area (Å²) >= 11 is 0. The number of aryl methyl sites for hydroxylation is 1. The quantitative estimate of drug-likeness (QED) is 0.761. The van der Waals surface area contributed by atoms with Crippen molar-refractivity contribution in [2.75, 3.05) is 13.1 Å². The lowest BCUT2D eigenvalue weighted by molar-refractivity contribution is -0.122. The third-order valence-corrected chi connectivity index (χ3v) is 2.91. The van der Waals surface area contributed by atoms with E-state index in [2.05, 4.69) is 16.6 Å². The van der Waals surface area contributed by atoms with Crippen molar-refractivity contribution < 1.29 is 9.18 Å². The minimum absolute atomic E-state index is 0.117. The Morgan fingerprint density at radius 1 is 1.53 bits per heavy atom. The first-order valence-electron chi connectivity index (χ1n) is 6.24. The van der Waals surface area contributed by atoms with Gasteiger partial charge >= 0.3 is 0 Å². The molecule has 1 aromatic rings. The molecule has 1 aromatic carbocycles. The van der Waals surface area contributed by atoms with Crippen molar-refractivity contribution in [2.45, 2.75) is 26.3 Å². The zero-order valence-corrected chi connectivity index (χ0v) is 11.3. The average molecular weight is 262 g/mol. The summed E-state index contributed by atoms with van der Waals surface area (Å²) in [6, 6.07) is 4.44. The standard InChI is InChI=1S/C15H19FN2O/c1-4-8-18-15(19)12(3)17-9-7-13-5-6-14(16)10-11(13)2/h1,5-6,10,12,17H,7-9H2,2-3H3,(H,18,19). The van der Waals surface area contributed by atoms with E-state index in [4.69, 9.17) is 6.42 Å². The SMILES string of the molecule is C#CCNC(=O)C(C)NCCc1ccc(F)cc1C. The number of nitrogens with one attached hydrogen (secondary N) is 2. The van der Waals surface area contributed by atoms with Gasteiger partial charge in [-0.25, -0.2) is 4.39 Å². The molecule has 0 radical (unpaired) electrons. The molecule has 3 nitrogen and oxygen atoms in total. The van der Waals surface area contributed by atoms with E-state index in [1.807, 2.05) is 6.92 Å². The lowest BCUT2D eigenvalue weighted by Crippen LogP contribution is -2.43. The van der Waals surface area contributed by atoms with Crippen molar-refractivity contribution in [3.05, 3.63) is 35.1 Å². The van der Waals surface area contributed by atoms with Crippen LogP contribution in [0, 0.1) is 25.1 Å². The van der Waals surface area contributed by atoms with Gasteiger partial charge in [0.15, 0.2) is 0 Å². The van der Waals surface area contributed by atoms with E-state index in [0.29, 0.717) is 6.54 Å². The molecule has 19 heavy (non-hydrogen) atoms. The Bertz CT molecular complexity index is 480. The molecule has 0 bridgehead atoms. The number of hydrogen-bond donors (Lipinski definition) is 2. The van der Waals surface area contributed by atoms with E-state index in [9.17, 15) is 9.18 Å². The predicted octanol–water partition coefficient (Wildman–Crippen LogP) is 1.40. The monoisotopic (exact) mass is 262 g/mol. The van der Waals surface area contributed by atoms with Gasteiger partial charge in [0.2, 0.25) is 5.91 Å². The Morgan fingerprint density at radius 3 is 2.89 bits per heavy atom. The van der Waals surface area contributed by atoms with Crippen LogP contribution in [0.4, 0.5) is 4.39 Å². The molecule has 0 aliphatic heterocycles. The molecule has 0 aliphatic rings. The molecule has 0 heterocycles. The van der Waals surface area contributed by atoms with Gasteiger partial charge < -0.3 is 10.6 Å². The van der Waals surface area contributed by atoms with Crippen molar-refractivity contribution in [1.29, 1.82) is 0 Å². The summed E-state index contributed by atoms with van der Waals surface area (Å²) in [4.78, 5) is 11.5. The summed E-state index contributed by atoms with van der Waals surface area (Å²) in [5.41, 5.74) is 2.00. The molecule has 0 spiro atoms. The van der Waals surface area contributed by atoms with Crippen LogP contribution in [0.3, 0.4) is 0 Å². The Kier molecular flexibility index (Phi) is 6.04. The zero-order chi connectivity index (χ0) is 14.3. The van der Waals surface area contributed by atoms with Crippen molar-refractivity contribution in [3.63, 3.8) is 0 Å². The lowest BCUT2D eigenvalue weighted by atomic mass is 10.1. The molecule has 102 valence electrons. The Balaban J connectivity index is 2.37. The maximum atomic E-state index is 12.9. The highest BCUT2D eigenvalue weighted by Gasteiger charge is 2.10. The summed E-state index contributed by atoms with van der Waals surface area (Å²) in [6.45, 7) is 4.55. The van der Waals surface area contributed by atoms with Gasteiger partial charge in [-0.2, -0.15) is 0 Å². The van der Waals surface area contributed by atoms with Gasteiger partial charge in [-0.05, 0) is 50.1 Å². The van der Waals surface area contributed by atoms with Gasteiger partial charge in [-0.3, -0.25) is 4.79 Å². The summed E-state index contributed by atoms with van der Waals surface area (Å²) in [5.74, 6) is 2.01. The van der Waals surface area contributed by atoms with E-state index in [0.717, 1.165) is 17.5 Å². The number of hydrogen-bond acceptors (Lipinski definition) is 2. The summed E-state index contributed by atoms with van der Waals surface area (Å²) in [6.07, 6.45) is 5.82. The molecule has 0 saturated carbocycles. The van der Waals surface area contributed by atoms with E-state index in [-0.39, 0.29) is 24.3 Å². The van der Waals surface area contributed by atoms with Crippen LogP contribution in [-0.2, 0) is 11.2 Å². The fourth-order valence-electron chi connectivity index (χ4n) is 1.75. The molecule has 2 N–H and O–H groups in total. The van der Waals surface area contributed by atoms with Crippen LogP contribution >= 0.6 is 0 Å². The van der Waals surface area contributed by atoms with Gasteiger partial charge in [-0.15, -0.1) is 6.42 Å². The lowest BCUT2D eigenvalue weighted by Gasteiger charge is -2.13. The molecule has 1 atom stereocenters. The number of rotatable bonds is 6. The van der Waals surface area contributed by atoms with E-state index in [1.165, 1.54) is 12.1 Å². The largest absolute Gasteiger partial charge is 0.344 e. The van der Waals surface area contributed by atoms with Crippen LogP contribution in [0.5, 0.6) is 0 Å². The number of carbonyl (C=O) groups excluding carboxylic acids is 1. The van der Waals surface area contributed by atoms with Crippen LogP contribution in [0.1, 0.15) is 18.1 Å². The maximum Gasteiger partial charge on any atom is 0.237 e. The van der Waals surface area contributed by atoms with Crippen LogP contribution in [0.2, 0.25) is 0 Å². The first kappa shape index (κ1) is 15.2. The van der Waals surface area contributed by atoms with Gasteiger partial charge in [0, 0.05) is 0 Å². The highest BCUT2D eigenvalue weighted by atomic mass is 19.1. The Labute approximate surface area is 113 Å². The van der Waals surface area contributed by atoms with Crippen LogP contribution in [0.25, 0.3) is 0 Å². The number of amides is 1.